The fourth-order valence-electron chi connectivity index (χ4n) is 9.28. The van der Waals surface area contributed by atoms with Crippen molar-refractivity contribution >= 4 is 34.1 Å². The molecule has 49 heavy (non-hydrogen) atoms. The molecule has 2 nitrogen and oxygen atoms in total. The van der Waals surface area contributed by atoms with Gasteiger partial charge in [-0.25, -0.2) is 0 Å². The van der Waals surface area contributed by atoms with Crippen LogP contribution in [0, 0.1) is 13.8 Å². The van der Waals surface area contributed by atoms with E-state index in [1.54, 1.807) is 0 Å². The monoisotopic (exact) mass is 636 g/mol. The molecule has 0 bridgehead atoms. The van der Waals surface area contributed by atoms with Crippen LogP contribution in [0.5, 0.6) is 0 Å². The third-order valence-corrected chi connectivity index (χ3v) is 11.8. The summed E-state index contributed by atoms with van der Waals surface area (Å²) < 4.78 is 0. The SMILES string of the molecule is Cc1cc(C)cc(N(c2cccc(-c3ccccc3)c2)c2cc3c4c(c2)C(C)(C)c2cccc5c2N4c2c(cccc2C3(C)C)C5(C)C)c1. The molecule has 0 radical (unpaired) electrons. The van der Waals surface area contributed by atoms with E-state index in [1.165, 1.54) is 84.1 Å². The van der Waals surface area contributed by atoms with E-state index in [0.717, 1.165) is 5.69 Å². The lowest BCUT2D eigenvalue weighted by Crippen LogP contribution is -2.43. The molecule has 0 atom stereocenters. The van der Waals surface area contributed by atoms with Gasteiger partial charge in [-0.1, -0.05) is 126 Å². The van der Waals surface area contributed by atoms with Crippen LogP contribution < -0.4 is 9.80 Å². The molecule has 242 valence electrons. The molecule has 0 unspecified atom stereocenters. The molecule has 3 aliphatic rings. The quantitative estimate of drug-likeness (QED) is 0.190. The molecule has 6 aromatic rings. The van der Waals surface area contributed by atoms with Gasteiger partial charge in [0, 0.05) is 33.3 Å². The van der Waals surface area contributed by atoms with Crippen LogP contribution in [0.1, 0.15) is 86.1 Å². The van der Waals surface area contributed by atoms with Crippen LogP contribution in [0.2, 0.25) is 0 Å². The average Bonchev–Trinajstić information content (AvgIpc) is 3.07. The van der Waals surface area contributed by atoms with Crippen molar-refractivity contribution in [2.75, 3.05) is 9.80 Å². The largest absolute Gasteiger partial charge is 0.310 e. The van der Waals surface area contributed by atoms with Gasteiger partial charge in [0.05, 0.1) is 17.1 Å². The summed E-state index contributed by atoms with van der Waals surface area (Å²) in [7, 11) is 0. The van der Waals surface area contributed by atoms with Gasteiger partial charge in [-0.15, -0.1) is 0 Å². The second-order valence-corrected chi connectivity index (χ2v) is 16.1. The Bertz CT molecular complexity index is 2230. The molecule has 3 aliphatic heterocycles. The maximum atomic E-state index is 2.66. The van der Waals surface area contributed by atoms with Crippen molar-refractivity contribution in [2.45, 2.75) is 71.6 Å². The van der Waals surface area contributed by atoms with Crippen LogP contribution in [0.15, 0.2) is 121 Å². The minimum Gasteiger partial charge on any atom is -0.310 e. The Labute approximate surface area is 291 Å². The highest BCUT2D eigenvalue weighted by Gasteiger charge is 2.51. The number of nitrogens with zero attached hydrogens (tertiary/aromatic N) is 2. The van der Waals surface area contributed by atoms with Gasteiger partial charge in [-0.05, 0) is 106 Å². The van der Waals surface area contributed by atoms with Gasteiger partial charge in [-0.3, -0.25) is 0 Å². The maximum absolute atomic E-state index is 2.66. The van der Waals surface area contributed by atoms with Crippen molar-refractivity contribution in [1.29, 1.82) is 0 Å². The zero-order valence-corrected chi connectivity index (χ0v) is 29.9. The minimum absolute atomic E-state index is 0.0993. The number of benzene rings is 6. The zero-order valence-electron chi connectivity index (χ0n) is 29.9. The average molecular weight is 637 g/mol. The first-order chi connectivity index (χ1) is 23.4. The fourth-order valence-corrected chi connectivity index (χ4v) is 9.28. The lowest BCUT2D eigenvalue weighted by Gasteiger charge is -2.55. The normalized spacial score (nSPS) is 16.6. The van der Waals surface area contributed by atoms with Crippen molar-refractivity contribution in [3.63, 3.8) is 0 Å². The molecule has 3 heterocycles. The number of hydrogen-bond acceptors (Lipinski definition) is 2. The van der Waals surface area contributed by atoms with Crippen LogP contribution in [0.3, 0.4) is 0 Å². The Morgan fingerprint density at radius 2 is 0.816 bits per heavy atom. The highest BCUT2D eigenvalue weighted by molar-refractivity contribution is 5.99. The van der Waals surface area contributed by atoms with E-state index < -0.39 is 0 Å². The molecule has 0 fully saturated rings. The molecule has 0 N–H and O–H groups in total. The molecule has 9 rings (SSSR count). The van der Waals surface area contributed by atoms with E-state index in [-0.39, 0.29) is 16.2 Å². The Kier molecular flexibility index (Phi) is 6.11. The predicted molar refractivity (Wildman–Crippen MR) is 207 cm³/mol. The molecular weight excluding hydrogens is 593 g/mol. The number of aryl methyl sites for hydroxylation is 2. The zero-order chi connectivity index (χ0) is 34.0. The van der Waals surface area contributed by atoms with Crippen LogP contribution in [-0.4, -0.2) is 0 Å². The maximum Gasteiger partial charge on any atom is 0.0545 e. The van der Waals surface area contributed by atoms with Crippen LogP contribution in [-0.2, 0) is 16.2 Å². The summed E-state index contributed by atoms with van der Waals surface area (Å²) in [6, 6.07) is 45.8. The molecule has 6 aromatic carbocycles. The summed E-state index contributed by atoms with van der Waals surface area (Å²) in [6.07, 6.45) is 0. The number of hydrogen-bond donors (Lipinski definition) is 0. The summed E-state index contributed by atoms with van der Waals surface area (Å²) in [6.45, 7) is 19.0. The highest BCUT2D eigenvalue weighted by Crippen LogP contribution is 2.66. The molecule has 0 saturated heterocycles. The standard InChI is InChI=1S/C47H44N2/c1-29-23-30(2)25-34(24-29)48(33-18-12-17-32(26-33)31-15-10-9-11-16-31)35-27-40-44-41(28-35)47(7,8)39-22-14-20-37-43(39)49(44)42-36(45(37,3)4)19-13-21-38(42)46(40,5)6/h9-28H,1-8H3. The number of para-hydroxylation sites is 2. The van der Waals surface area contributed by atoms with Crippen molar-refractivity contribution in [3.05, 3.63) is 166 Å². The lowest BCUT2D eigenvalue weighted by molar-refractivity contribution is 0.566. The van der Waals surface area contributed by atoms with Gasteiger partial charge in [0.25, 0.3) is 0 Å². The highest BCUT2D eigenvalue weighted by atomic mass is 15.2. The Morgan fingerprint density at radius 1 is 0.388 bits per heavy atom. The van der Waals surface area contributed by atoms with Crippen molar-refractivity contribution in [2.24, 2.45) is 0 Å². The molecular formula is C47H44N2. The van der Waals surface area contributed by atoms with Gasteiger partial charge in [-0.2, -0.15) is 0 Å². The minimum atomic E-state index is -0.210. The van der Waals surface area contributed by atoms with E-state index in [0.29, 0.717) is 0 Å². The first-order valence-electron chi connectivity index (χ1n) is 17.7. The van der Waals surface area contributed by atoms with Crippen molar-refractivity contribution < 1.29 is 0 Å². The van der Waals surface area contributed by atoms with E-state index in [1.807, 2.05) is 0 Å². The second kappa shape index (κ2) is 9.98. The summed E-state index contributed by atoms with van der Waals surface area (Å²) in [5.41, 5.74) is 20.5. The van der Waals surface area contributed by atoms with Crippen LogP contribution in [0.4, 0.5) is 34.1 Å². The lowest BCUT2D eigenvalue weighted by atomic mass is 9.61. The Balaban J connectivity index is 1.36. The van der Waals surface area contributed by atoms with Crippen molar-refractivity contribution in [1.82, 2.24) is 0 Å². The molecule has 0 spiro atoms. The van der Waals surface area contributed by atoms with E-state index >= 15 is 0 Å². The summed E-state index contributed by atoms with van der Waals surface area (Å²) >= 11 is 0. The topological polar surface area (TPSA) is 6.48 Å². The predicted octanol–water partition coefficient (Wildman–Crippen LogP) is 12.8. The van der Waals surface area contributed by atoms with Crippen LogP contribution in [0.25, 0.3) is 11.1 Å². The van der Waals surface area contributed by atoms with Gasteiger partial charge < -0.3 is 9.80 Å². The summed E-state index contributed by atoms with van der Waals surface area (Å²) in [5.74, 6) is 0. The second-order valence-electron chi connectivity index (χ2n) is 16.1. The fraction of sp³-hybridized carbons (Fsp3) is 0.234. The Morgan fingerprint density at radius 3 is 1.35 bits per heavy atom. The van der Waals surface area contributed by atoms with Gasteiger partial charge in [0.15, 0.2) is 0 Å². The summed E-state index contributed by atoms with van der Waals surface area (Å²) in [5, 5.41) is 0. The third-order valence-electron chi connectivity index (χ3n) is 11.8. The van der Waals surface area contributed by atoms with Gasteiger partial charge in [0.1, 0.15) is 0 Å². The molecule has 0 amide bonds. The molecule has 0 saturated carbocycles. The third kappa shape index (κ3) is 4.07. The molecule has 2 heteroatoms. The number of anilines is 6. The van der Waals surface area contributed by atoms with E-state index in [9.17, 15) is 0 Å². The molecule has 0 aliphatic carbocycles. The van der Waals surface area contributed by atoms with Crippen LogP contribution >= 0.6 is 0 Å². The van der Waals surface area contributed by atoms with E-state index in [4.69, 9.17) is 0 Å². The van der Waals surface area contributed by atoms with Gasteiger partial charge >= 0.3 is 0 Å². The smallest absolute Gasteiger partial charge is 0.0545 e. The Hall–Kier alpha value is -5.08. The molecule has 0 aromatic heterocycles. The first kappa shape index (κ1) is 30.0. The van der Waals surface area contributed by atoms with E-state index in [2.05, 4.69) is 187 Å². The summed E-state index contributed by atoms with van der Waals surface area (Å²) in [4.78, 5) is 5.15. The van der Waals surface area contributed by atoms with Crippen molar-refractivity contribution in [3.8, 4) is 11.1 Å². The van der Waals surface area contributed by atoms with Gasteiger partial charge in [0.2, 0.25) is 0 Å². The number of rotatable bonds is 4. The first-order valence-corrected chi connectivity index (χ1v) is 17.7.